The first kappa shape index (κ1) is 22.1. The van der Waals surface area contributed by atoms with Gasteiger partial charge in [-0.2, -0.15) is 0 Å². The Morgan fingerprint density at radius 3 is 2.62 bits per heavy atom. The van der Waals surface area contributed by atoms with Gasteiger partial charge in [0.25, 0.3) is 11.8 Å². The highest BCUT2D eigenvalue weighted by Crippen LogP contribution is 2.48. The third kappa shape index (κ3) is 3.78. The van der Waals surface area contributed by atoms with Crippen molar-refractivity contribution in [2.24, 2.45) is 5.92 Å². The number of hydrogen-bond acceptors (Lipinski definition) is 4. The van der Waals surface area contributed by atoms with E-state index in [0.29, 0.717) is 24.3 Å². The van der Waals surface area contributed by atoms with Crippen molar-refractivity contribution >= 4 is 17.6 Å². The standard InChI is InChI=1S/C26H30N2O4/c1-5-11-27-23(30)14-32-22-10-9-17(12-16(22)4)18-7-6-8-19-24(18)20-13-21(29)25(15(2)3)28(20)26(19)31/h6-10,12,15,20,25H,5,11,13-14H2,1-4H3,(H,27,30). The molecule has 0 aliphatic carbocycles. The van der Waals surface area contributed by atoms with Crippen LogP contribution in [-0.2, 0) is 9.59 Å². The van der Waals surface area contributed by atoms with Gasteiger partial charge in [-0.3, -0.25) is 14.4 Å². The zero-order valence-electron chi connectivity index (χ0n) is 19.1. The molecule has 6 nitrogen and oxygen atoms in total. The maximum atomic E-state index is 13.2. The fourth-order valence-corrected chi connectivity index (χ4v) is 4.90. The Kier molecular flexibility index (Phi) is 6.04. The van der Waals surface area contributed by atoms with E-state index >= 15 is 0 Å². The number of fused-ring (bicyclic) bond motifs is 3. The van der Waals surface area contributed by atoms with E-state index in [1.54, 1.807) is 4.90 Å². The number of hydrogen-bond donors (Lipinski definition) is 1. The molecule has 0 bridgehead atoms. The van der Waals surface area contributed by atoms with Crippen LogP contribution < -0.4 is 10.1 Å². The highest BCUT2D eigenvalue weighted by molar-refractivity contribution is 6.07. The summed E-state index contributed by atoms with van der Waals surface area (Å²) < 4.78 is 5.70. The Balaban J connectivity index is 1.62. The van der Waals surface area contributed by atoms with Crippen molar-refractivity contribution in [2.75, 3.05) is 13.2 Å². The predicted octanol–water partition coefficient (Wildman–Crippen LogP) is 4.06. The van der Waals surface area contributed by atoms with Gasteiger partial charge in [-0.1, -0.05) is 39.0 Å². The van der Waals surface area contributed by atoms with Crippen molar-refractivity contribution in [2.45, 2.75) is 52.6 Å². The minimum atomic E-state index is -0.357. The summed E-state index contributed by atoms with van der Waals surface area (Å²) in [7, 11) is 0. The maximum Gasteiger partial charge on any atom is 0.257 e. The monoisotopic (exact) mass is 434 g/mol. The van der Waals surface area contributed by atoms with Gasteiger partial charge in [-0.15, -0.1) is 0 Å². The molecule has 1 N–H and O–H groups in total. The Hall–Kier alpha value is -3.15. The van der Waals surface area contributed by atoms with Crippen molar-refractivity contribution < 1.29 is 19.1 Å². The zero-order valence-corrected chi connectivity index (χ0v) is 19.1. The fourth-order valence-electron chi connectivity index (χ4n) is 4.90. The van der Waals surface area contributed by atoms with E-state index < -0.39 is 0 Å². The highest BCUT2D eigenvalue weighted by atomic mass is 16.5. The Morgan fingerprint density at radius 1 is 1.19 bits per heavy atom. The number of ketones is 1. The van der Waals surface area contributed by atoms with Crippen molar-refractivity contribution in [1.82, 2.24) is 10.2 Å². The summed E-state index contributed by atoms with van der Waals surface area (Å²) in [6.45, 7) is 8.54. The van der Waals surface area contributed by atoms with Crippen LogP contribution in [0, 0.1) is 12.8 Å². The van der Waals surface area contributed by atoms with Crippen LogP contribution in [0.1, 0.15) is 61.1 Å². The molecular weight excluding hydrogens is 404 g/mol. The molecule has 1 fully saturated rings. The van der Waals surface area contributed by atoms with Crippen molar-refractivity contribution in [1.29, 1.82) is 0 Å². The van der Waals surface area contributed by atoms with Gasteiger partial charge < -0.3 is 15.0 Å². The molecule has 0 radical (unpaired) electrons. The predicted molar refractivity (Wildman–Crippen MR) is 123 cm³/mol. The summed E-state index contributed by atoms with van der Waals surface area (Å²) in [5.41, 5.74) is 4.48. The van der Waals surface area contributed by atoms with E-state index in [4.69, 9.17) is 4.74 Å². The van der Waals surface area contributed by atoms with Crippen LogP contribution in [0.5, 0.6) is 5.75 Å². The Bertz CT molecular complexity index is 1080. The van der Waals surface area contributed by atoms with Gasteiger partial charge in [0.15, 0.2) is 12.4 Å². The van der Waals surface area contributed by atoms with Crippen LogP contribution in [0.3, 0.4) is 0 Å². The van der Waals surface area contributed by atoms with E-state index in [0.717, 1.165) is 28.7 Å². The molecule has 6 heteroatoms. The Labute approximate surface area is 188 Å². The third-order valence-corrected chi connectivity index (χ3v) is 6.31. The number of carbonyl (C=O) groups is 3. The first-order chi connectivity index (χ1) is 15.3. The van der Waals surface area contributed by atoms with Gasteiger partial charge in [0.2, 0.25) is 0 Å². The molecule has 2 aromatic carbocycles. The normalized spacial score (nSPS) is 19.3. The maximum absolute atomic E-state index is 13.2. The van der Waals surface area contributed by atoms with Gasteiger partial charge in [0.1, 0.15) is 5.75 Å². The van der Waals surface area contributed by atoms with Crippen LogP contribution in [0.4, 0.5) is 0 Å². The lowest BCUT2D eigenvalue weighted by molar-refractivity contribution is -0.123. The molecule has 2 unspecified atom stereocenters. The highest BCUT2D eigenvalue weighted by Gasteiger charge is 2.51. The third-order valence-electron chi connectivity index (χ3n) is 6.31. The van der Waals surface area contributed by atoms with Crippen LogP contribution in [0.25, 0.3) is 11.1 Å². The largest absolute Gasteiger partial charge is 0.484 e. The molecule has 32 heavy (non-hydrogen) atoms. The lowest BCUT2D eigenvalue weighted by atomic mass is 9.90. The molecular formula is C26H30N2O4. The van der Waals surface area contributed by atoms with E-state index in [9.17, 15) is 14.4 Å². The van der Waals surface area contributed by atoms with Gasteiger partial charge in [-0.25, -0.2) is 0 Å². The first-order valence-electron chi connectivity index (χ1n) is 11.3. The summed E-state index contributed by atoms with van der Waals surface area (Å²) in [5.74, 6) is 0.690. The molecule has 2 amide bonds. The van der Waals surface area contributed by atoms with Gasteiger partial charge in [0, 0.05) is 18.5 Å². The van der Waals surface area contributed by atoms with Crippen LogP contribution in [0.2, 0.25) is 0 Å². The molecule has 168 valence electrons. The molecule has 2 atom stereocenters. The van der Waals surface area contributed by atoms with E-state index in [1.165, 1.54) is 0 Å². The number of ether oxygens (including phenoxy) is 1. The summed E-state index contributed by atoms with van der Waals surface area (Å²) in [6, 6.07) is 11.0. The van der Waals surface area contributed by atoms with Crippen molar-refractivity contribution in [3.05, 3.63) is 53.1 Å². The number of nitrogens with zero attached hydrogens (tertiary/aromatic N) is 1. The summed E-state index contributed by atoms with van der Waals surface area (Å²) >= 11 is 0. The average molecular weight is 435 g/mol. The van der Waals surface area contributed by atoms with Crippen LogP contribution in [0.15, 0.2) is 36.4 Å². The van der Waals surface area contributed by atoms with Crippen molar-refractivity contribution in [3.8, 4) is 16.9 Å². The summed E-state index contributed by atoms with van der Waals surface area (Å²) in [5, 5.41) is 2.80. The number of aryl methyl sites for hydroxylation is 1. The molecule has 1 saturated heterocycles. The van der Waals surface area contributed by atoms with Crippen molar-refractivity contribution in [3.63, 3.8) is 0 Å². The first-order valence-corrected chi connectivity index (χ1v) is 11.3. The van der Waals surface area contributed by atoms with Gasteiger partial charge >= 0.3 is 0 Å². The number of amides is 2. The number of carbonyl (C=O) groups excluding carboxylic acids is 3. The minimum Gasteiger partial charge on any atom is -0.484 e. The quantitative estimate of drug-likeness (QED) is 0.713. The van der Waals surface area contributed by atoms with E-state index in [1.807, 2.05) is 64.1 Å². The van der Waals surface area contributed by atoms with E-state index in [2.05, 4.69) is 5.32 Å². The van der Waals surface area contributed by atoms with Crippen LogP contribution in [-0.4, -0.2) is 41.7 Å². The fraction of sp³-hybridized carbons (Fsp3) is 0.423. The average Bonchev–Trinajstić information content (AvgIpc) is 3.24. The van der Waals surface area contributed by atoms with Gasteiger partial charge in [-0.05, 0) is 59.7 Å². The number of Topliss-reactive ketones (excluding diaryl/α,β-unsaturated/α-hetero) is 1. The molecule has 0 spiro atoms. The second-order valence-electron chi connectivity index (χ2n) is 8.97. The molecule has 0 saturated carbocycles. The minimum absolute atomic E-state index is 0.0227. The SMILES string of the molecule is CCCNC(=O)COc1ccc(-c2cccc3c2C2CC(=O)C(C(C)C)N2C3=O)cc1C. The topological polar surface area (TPSA) is 75.7 Å². The number of rotatable bonds is 7. The molecule has 0 aromatic heterocycles. The molecule has 4 rings (SSSR count). The zero-order chi connectivity index (χ0) is 23.0. The molecule has 2 aliphatic heterocycles. The summed E-state index contributed by atoms with van der Waals surface area (Å²) in [4.78, 5) is 39.5. The smallest absolute Gasteiger partial charge is 0.257 e. The molecule has 2 aromatic rings. The van der Waals surface area contributed by atoms with E-state index in [-0.39, 0.29) is 42.2 Å². The Morgan fingerprint density at radius 2 is 1.94 bits per heavy atom. The second kappa shape index (κ2) is 8.77. The van der Waals surface area contributed by atoms with Crippen LogP contribution >= 0.6 is 0 Å². The number of benzene rings is 2. The van der Waals surface area contributed by atoms with Gasteiger partial charge in [0.05, 0.1) is 12.1 Å². The lowest BCUT2D eigenvalue weighted by Crippen LogP contribution is -2.39. The molecule has 2 heterocycles. The number of nitrogens with one attached hydrogen (secondary N) is 1. The molecule has 2 aliphatic rings. The lowest BCUT2D eigenvalue weighted by Gasteiger charge is -2.26. The summed E-state index contributed by atoms with van der Waals surface area (Å²) in [6.07, 6.45) is 1.25. The second-order valence-corrected chi connectivity index (χ2v) is 8.97.